The first-order chi connectivity index (χ1) is 15.0. The van der Waals surface area contributed by atoms with Crippen molar-refractivity contribution in [3.05, 3.63) is 69.8 Å². The van der Waals surface area contributed by atoms with Crippen molar-refractivity contribution in [1.29, 1.82) is 0 Å². The van der Waals surface area contributed by atoms with Gasteiger partial charge in [-0.1, -0.05) is 18.2 Å². The van der Waals surface area contributed by atoms with Crippen LogP contribution in [0.2, 0.25) is 0 Å². The van der Waals surface area contributed by atoms with Crippen molar-refractivity contribution in [2.75, 3.05) is 5.32 Å². The molecule has 0 aliphatic heterocycles. The summed E-state index contributed by atoms with van der Waals surface area (Å²) in [4.78, 5) is 31.4. The molecule has 0 fully saturated rings. The Balaban J connectivity index is 1.59. The molecule has 2 amide bonds. The zero-order valence-electron chi connectivity index (χ0n) is 17.0. The fraction of sp³-hybridized carbons (Fsp3) is 0.208. The summed E-state index contributed by atoms with van der Waals surface area (Å²) >= 11 is 1.46. The summed E-state index contributed by atoms with van der Waals surface area (Å²) in [7, 11) is 0. The van der Waals surface area contributed by atoms with Crippen LogP contribution >= 0.6 is 11.3 Å². The van der Waals surface area contributed by atoms with Crippen LogP contribution in [0.25, 0.3) is 22.4 Å². The number of nitrogens with two attached hydrogens (primary N) is 1. The minimum absolute atomic E-state index is 0.302. The summed E-state index contributed by atoms with van der Waals surface area (Å²) < 4.78 is 5.72. The Morgan fingerprint density at radius 2 is 1.94 bits per heavy atom. The van der Waals surface area contributed by atoms with Crippen LogP contribution in [-0.2, 0) is 12.8 Å². The lowest BCUT2D eigenvalue weighted by Crippen LogP contribution is -2.19. The summed E-state index contributed by atoms with van der Waals surface area (Å²) in [5.41, 5.74) is 8.87. The van der Waals surface area contributed by atoms with E-state index in [9.17, 15) is 9.59 Å². The van der Waals surface area contributed by atoms with Crippen LogP contribution in [0.3, 0.4) is 0 Å². The van der Waals surface area contributed by atoms with E-state index in [1.165, 1.54) is 11.3 Å². The molecular formula is C24H21N3O3S. The third-order valence-electron chi connectivity index (χ3n) is 5.60. The van der Waals surface area contributed by atoms with E-state index in [4.69, 9.17) is 10.2 Å². The summed E-state index contributed by atoms with van der Waals surface area (Å²) in [6.07, 6.45) is 3.84. The molecule has 156 valence electrons. The van der Waals surface area contributed by atoms with Crippen LogP contribution in [-0.4, -0.2) is 16.8 Å². The molecular weight excluding hydrogens is 410 g/mol. The van der Waals surface area contributed by atoms with Crippen molar-refractivity contribution >= 4 is 39.1 Å². The molecule has 3 heterocycles. The molecule has 1 aromatic carbocycles. The van der Waals surface area contributed by atoms with Gasteiger partial charge >= 0.3 is 0 Å². The Kier molecular flexibility index (Phi) is 4.82. The van der Waals surface area contributed by atoms with Gasteiger partial charge in [-0.2, -0.15) is 0 Å². The van der Waals surface area contributed by atoms with E-state index < -0.39 is 5.91 Å². The number of primary amides is 1. The number of anilines is 1. The summed E-state index contributed by atoms with van der Waals surface area (Å²) in [5.74, 6) is 0.568. The largest absolute Gasteiger partial charge is 0.460 e. The minimum Gasteiger partial charge on any atom is -0.460 e. The second-order valence-electron chi connectivity index (χ2n) is 7.72. The Bertz CT molecular complexity index is 1340. The number of furan rings is 1. The molecule has 0 radical (unpaired) electrons. The topological polar surface area (TPSA) is 98.2 Å². The number of benzene rings is 1. The lowest BCUT2D eigenvalue weighted by molar-refractivity contribution is 0.100. The number of carbonyl (C=O) groups excluding carboxylic acids is 2. The second-order valence-corrected chi connectivity index (χ2v) is 8.82. The Morgan fingerprint density at radius 3 is 2.71 bits per heavy atom. The maximum Gasteiger partial charge on any atom is 0.257 e. The number of pyridine rings is 1. The van der Waals surface area contributed by atoms with Gasteiger partial charge in [0.2, 0.25) is 0 Å². The van der Waals surface area contributed by atoms with Crippen molar-refractivity contribution in [2.45, 2.75) is 32.6 Å². The number of rotatable bonds is 4. The first-order valence-electron chi connectivity index (χ1n) is 10.2. The zero-order valence-corrected chi connectivity index (χ0v) is 17.8. The SMILES string of the molecule is Cc1ccc(-c2cc(C(=O)Nc3sc4c(c3C(N)=O)CCCC4)c3ccccc3n2)o1. The Labute approximate surface area is 183 Å². The van der Waals surface area contributed by atoms with Crippen LogP contribution in [0, 0.1) is 6.92 Å². The molecule has 0 saturated carbocycles. The maximum absolute atomic E-state index is 13.4. The molecule has 0 spiro atoms. The molecule has 7 heteroatoms. The highest BCUT2D eigenvalue weighted by atomic mass is 32.1. The highest BCUT2D eigenvalue weighted by Gasteiger charge is 2.26. The number of para-hydroxylation sites is 1. The zero-order chi connectivity index (χ0) is 21.5. The second kappa shape index (κ2) is 7.67. The standard InChI is InChI=1S/C24H21N3O3S/c1-13-10-11-19(30-13)18-12-16(14-6-2-4-8-17(14)26-18)23(29)27-24-21(22(25)28)15-7-3-5-9-20(15)31-24/h2,4,6,8,10-12H,3,5,7,9H2,1H3,(H2,25,28)(H,27,29). The smallest absolute Gasteiger partial charge is 0.257 e. The maximum atomic E-state index is 13.4. The van der Waals surface area contributed by atoms with Crippen molar-refractivity contribution in [1.82, 2.24) is 4.98 Å². The monoisotopic (exact) mass is 431 g/mol. The van der Waals surface area contributed by atoms with E-state index in [0.717, 1.165) is 47.3 Å². The highest BCUT2D eigenvalue weighted by Crippen LogP contribution is 2.38. The first kappa shape index (κ1) is 19.5. The molecule has 0 saturated heterocycles. The van der Waals surface area contributed by atoms with Crippen molar-refractivity contribution < 1.29 is 14.0 Å². The molecule has 0 unspecified atom stereocenters. The van der Waals surface area contributed by atoms with E-state index in [0.29, 0.717) is 33.1 Å². The van der Waals surface area contributed by atoms with E-state index in [-0.39, 0.29) is 5.91 Å². The molecule has 3 aromatic heterocycles. The number of amides is 2. The van der Waals surface area contributed by atoms with Gasteiger partial charge in [0.1, 0.15) is 16.5 Å². The average Bonchev–Trinajstić information content (AvgIpc) is 3.36. The van der Waals surface area contributed by atoms with E-state index in [2.05, 4.69) is 10.3 Å². The average molecular weight is 432 g/mol. The molecule has 6 nitrogen and oxygen atoms in total. The van der Waals surface area contributed by atoms with E-state index >= 15 is 0 Å². The molecule has 3 N–H and O–H groups in total. The number of fused-ring (bicyclic) bond motifs is 2. The Morgan fingerprint density at radius 1 is 1.13 bits per heavy atom. The lowest BCUT2D eigenvalue weighted by Gasteiger charge is -2.11. The van der Waals surface area contributed by atoms with Gasteiger partial charge in [-0.3, -0.25) is 9.59 Å². The number of nitrogens with one attached hydrogen (secondary N) is 1. The molecule has 1 aliphatic carbocycles. The normalized spacial score (nSPS) is 13.2. The van der Waals surface area contributed by atoms with Gasteiger partial charge in [0, 0.05) is 10.3 Å². The molecule has 1 aliphatic rings. The number of hydrogen-bond acceptors (Lipinski definition) is 5. The third kappa shape index (κ3) is 3.51. The number of aromatic nitrogens is 1. The lowest BCUT2D eigenvalue weighted by atomic mass is 9.95. The molecule has 4 aromatic rings. The third-order valence-corrected chi connectivity index (χ3v) is 6.81. The van der Waals surface area contributed by atoms with Crippen LogP contribution < -0.4 is 11.1 Å². The fourth-order valence-corrected chi connectivity index (χ4v) is 5.44. The van der Waals surface area contributed by atoms with Gasteiger partial charge in [-0.15, -0.1) is 11.3 Å². The van der Waals surface area contributed by atoms with Gasteiger partial charge in [-0.25, -0.2) is 4.98 Å². The van der Waals surface area contributed by atoms with Gasteiger partial charge in [0.15, 0.2) is 5.76 Å². The first-order valence-corrected chi connectivity index (χ1v) is 11.0. The predicted octanol–water partition coefficient (Wildman–Crippen LogP) is 5.09. The molecule has 0 atom stereocenters. The highest BCUT2D eigenvalue weighted by molar-refractivity contribution is 7.17. The van der Waals surface area contributed by atoms with Crippen molar-refractivity contribution in [3.8, 4) is 11.5 Å². The van der Waals surface area contributed by atoms with Crippen LogP contribution in [0.5, 0.6) is 0 Å². The fourth-order valence-electron chi connectivity index (χ4n) is 4.15. The molecule has 5 rings (SSSR count). The van der Waals surface area contributed by atoms with Crippen molar-refractivity contribution in [3.63, 3.8) is 0 Å². The quantitative estimate of drug-likeness (QED) is 0.470. The number of hydrogen-bond donors (Lipinski definition) is 2. The summed E-state index contributed by atoms with van der Waals surface area (Å²) in [6.45, 7) is 1.86. The van der Waals surface area contributed by atoms with Crippen LogP contribution in [0.4, 0.5) is 5.00 Å². The van der Waals surface area contributed by atoms with Gasteiger partial charge in [-0.05, 0) is 62.4 Å². The Hall–Kier alpha value is -3.45. The minimum atomic E-state index is -0.499. The van der Waals surface area contributed by atoms with Gasteiger partial charge < -0.3 is 15.5 Å². The molecule has 0 bridgehead atoms. The molecule has 31 heavy (non-hydrogen) atoms. The number of nitrogens with zero attached hydrogens (tertiary/aromatic N) is 1. The van der Waals surface area contributed by atoms with Gasteiger partial charge in [0.25, 0.3) is 11.8 Å². The van der Waals surface area contributed by atoms with E-state index in [1.54, 1.807) is 6.07 Å². The summed E-state index contributed by atoms with van der Waals surface area (Å²) in [6, 6.07) is 12.9. The number of carbonyl (C=O) groups is 2. The summed E-state index contributed by atoms with van der Waals surface area (Å²) in [5, 5.41) is 4.22. The van der Waals surface area contributed by atoms with Gasteiger partial charge in [0.05, 0.1) is 16.6 Å². The van der Waals surface area contributed by atoms with Crippen molar-refractivity contribution in [2.24, 2.45) is 5.73 Å². The van der Waals surface area contributed by atoms with Crippen LogP contribution in [0.1, 0.15) is 49.8 Å². The number of thiophene rings is 1. The predicted molar refractivity (Wildman–Crippen MR) is 122 cm³/mol. The number of aryl methyl sites for hydroxylation is 2. The van der Waals surface area contributed by atoms with Crippen LogP contribution in [0.15, 0.2) is 46.9 Å². The van der Waals surface area contributed by atoms with E-state index in [1.807, 2.05) is 43.3 Å².